The molecule has 0 fully saturated rings. The van der Waals surface area contributed by atoms with Crippen molar-refractivity contribution in [3.8, 4) is 0 Å². The van der Waals surface area contributed by atoms with Gasteiger partial charge in [0.25, 0.3) is 0 Å². The average Bonchev–Trinajstić information content (AvgIpc) is 2.67. The molecular weight excluding hydrogens is 453 g/mol. The molecule has 0 aliphatic carbocycles. The van der Waals surface area contributed by atoms with Gasteiger partial charge in [-0.25, -0.2) is 0 Å². The van der Waals surface area contributed by atoms with Crippen LogP contribution in [0.3, 0.4) is 0 Å². The summed E-state index contributed by atoms with van der Waals surface area (Å²) in [6, 6.07) is 10.8. The van der Waals surface area contributed by atoms with Crippen molar-refractivity contribution in [2.24, 2.45) is 0 Å². The van der Waals surface area contributed by atoms with Gasteiger partial charge in [-0.1, -0.05) is 51.1 Å². The van der Waals surface area contributed by atoms with Crippen LogP contribution in [-0.2, 0) is 20.8 Å². The highest BCUT2D eigenvalue weighted by Gasteiger charge is 2.27. The van der Waals surface area contributed by atoms with Crippen LogP contribution in [-0.4, -0.2) is 63.8 Å². The zero-order chi connectivity index (χ0) is 18.9. The van der Waals surface area contributed by atoms with Crippen molar-refractivity contribution in [1.82, 2.24) is 0 Å². The van der Waals surface area contributed by atoms with Gasteiger partial charge in [-0.15, -0.1) is 0 Å². The maximum Gasteiger partial charge on any atom is 0.105 e. The van der Waals surface area contributed by atoms with E-state index in [9.17, 15) is 0 Å². The molecule has 1 aromatic rings. The van der Waals surface area contributed by atoms with Gasteiger partial charge in [-0.3, -0.25) is 0 Å². The van der Waals surface area contributed by atoms with Crippen molar-refractivity contribution in [3.05, 3.63) is 35.9 Å². The average molecular weight is 493 g/mol. The number of benzene rings is 1. The van der Waals surface area contributed by atoms with Crippen LogP contribution in [0.4, 0.5) is 0 Å². The Morgan fingerprint density at radius 2 is 1.04 bits per heavy atom. The minimum Gasteiger partial charge on any atom is -1.00 e. The monoisotopic (exact) mass is 493 g/mol. The molecule has 1 aromatic carbocycles. The molecule has 0 amide bonds. The van der Waals surface area contributed by atoms with Crippen molar-refractivity contribution >= 4 is 0 Å². The highest BCUT2D eigenvalue weighted by molar-refractivity contribution is 5.13. The fourth-order valence-electron chi connectivity index (χ4n) is 3.06. The van der Waals surface area contributed by atoms with E-state index in [0.717, 1.165) is 89.6 Å². The molecule has 5 heteroatoms. The lowest BCUT2D eigenvalue weighted by molar-refractivity contribution is -0.941. The summed E-state index contributed by atoms with van der Waals surface area (Å²) >= 11 is 0. The maximum atomic E-state index is 5.83. The van der Waals surface area contributed by atoms with Crippen molar-refractivity contribution in [1.29, 1.82) is 0 Å². The molecule has 0 saturated heterocycles. The molecule has 0 heterocycles. The Balaban J connectivity index is 0.00000676. The van der Waals surface area contributed by atoms with E-state index < -0.39 is 0 Å². The molecule has 0 aromatic heterocycles. The molecular formula is C22H40INO3. The first kappa shape index (κ1) is 26.8. The molecule has 4 nitrogen and oxygen atoms in total. The quantitative estimate of drug-likeness (QED) is 0.186. The van der Waals surface area contributed by atoms with Crippen molar-refractivity contribution in [2.75, 3.05) is 59.3 Å². The summed E-state index contributed by atoms with van der Waals surface area (Å²) in [5.41, 5.74) is 1.37. The van der Waals surface area contributed by atoms with E-state index in [2.05, 4.69) is 51.1 Å². The van der Waals surface area contributed by atoms with Crippen LogP contribution in [0.5, 0.6) is 0 Å². The molecule has 0 N–H and O–H groups in total. The Kier molecular flexibility index (Phi) is 17.7. The Bertz CT molecular complexity index is 400. The highest BCUT2D eigenvalue weighted by Crippen LogP contribution is 2.15. The lowest BCUT2D eigenvalue weighted by Crippen LogP contribution is -3.00. The van der Waals surface area contributed by atoms with E-state index in [4.69, 9.17) is 14.2 Å². The Morgan fingerprint density at radius 1 is 0.630 bits per heavy atom. The summed E-state index contributed by atoms with van der Waals surface area (Å²) < 4.78 is 18.5. The summed E-state index contributed by atoms with van der Waals surface area (Å²) in [4.78, 5) is 0. The van der Waals surface area contributed by atoms with E-state index >= 15 is 0 Å². The first-order chi connectivity index (χ1) is 12.8. The van der Waals surface area contributed by atoms with E-state index in [-0.39, 0.29) is 24.0 Å². The number of hydrogen-bond donors (Lipinski definition) is 0. The summed E-state index contributed by atoms with van der Waals surface area (Å²) in [6.07, 6.45) is 3.20. The second-order valence-electron chi connectivity index (χ2n) is 6.99. The molecule has 0 atom stereocenters. The van der Waals surface area contributed by atoms with Crippen molar-refractivity contribution in [2.45, 2.75) is 46.6 Å². The molecule has 0 spiro atoms. The first-order valence-corrected chi connectivity index (χ1v) is 10.4. The van der Waals surface area contributed by atoms with Gasteiger partial charge < -0.3 is 42.7 Å². The fraction of sp³-hybridized carbons (Fsp3) is 0.727. The van der Waals surface area contributed by atoms with E-state index in [1.165, 1.54) is 5.56 Å². The van der Waals surface area contributed by atoms with Crippen LogP contribution < -0.4 is 24.0 Å². The number of nitrogens with zero attached hydrogens (tertiary/aromatic N) is 1. The number of quaternary nitrogens is 1. The molecule has 0 bridgehead atoms. The molecule has 0 aliphatic rings. The smallest absolute Gasteiger partial charge is 0.105 e. The summed E-state index contributed by atoms with van der Waals surface area (Å²) in [5, 5.41) is 0. The van der Waals surface area contributed by atoms with Crippen LogP contribution >= 0.6 is 0 Å². The lowest BCUT2D eigenvalue weighted by atomic mass is 10.1. The van der Waals surface area contributed by atoms with Gasteiger partial charge in [0.15, 0.2) is 0 Å². The van der Waals surface area contributed by atoms with Gasteiger partial charge in [0.05, 0.1) is 19.8 Å². The number of ether oxygens (including phenoxy) is 3. The van der Waals surface area contributed by atoms with Gasteiger partial charge in [0, 0.05) is 25.4 Å². The fourth-order valence-corrected chi connectivity index (χ4v) is 3.06. The van der Waals surface area contributed by atoms with E-state index in [1.807, 2.05) is 0 Å². The summed E-state index contributed by atoms with van der Waals surface area (Å²) in [7, 11) is 0. The van der Waals surface area contributed by atoms with Gasteiger partial charge in [0.1, 0.15) is 26.2 Å². The number of hydrogen-bond acceptors (Lipinski definition) is 3. The Labute approximate surface area is 184 Å². The zero-order valence-corrected chi connectivity index (χ0v) is 19.8. The van der Waals surface area contributed by atoms with Crippen LogP contribution in [0.2, 0.25) is 0 Å². The molecule has 1 rings (SSSR count). The maximum absolute atomic E-state index is 5.83. The predicted molar refractivity (Wildman–Crippen MR) is 108 cm³/mol. The van der Waals surface area contributed by atoms with Crippen LogP contribution in [0.25, 0.3) is 0 Å². The molecule has 0 saturated carbocycles. The van der Waals surface area contributed by atoms with E-state index in [0.29, 0.717) is 0 Å². The SMILES string of the molecule is CCCOCC[N+](CCOCCC)(CCOCCC)Cc1ccccc1.[I-]. The second kappa shape index (κ2) is 17.9. The molecule has 0 radical (unpaired) electrons. The molecule has 0 aliphatic heterocycles. The van der Waals surface area contributed by atoms with Gasteiger partial charge in [-0.05, 0) is 19.3 Å². The molecule has 27 heavy (non-hydrogen) atoms. The van der Waals surface area contributed by atoms with Gasteiger partial charge in [0.2, 0.25) is 0 Å². The minimum absolute atomic E-state index is 0. The molecule has 0 unspecified atom stereocenters. The third kappa shape index (κ3) is 12.8. The predicted octanol–water partition coefficient (Wildman–Crippen LogP) is 1.29. The summed E-state index contributed by atoms with van der Waals surface area (Å²) in [6.45, 7) is 15.4. The standard InChI is InChI=1S/C22H40NO3.HI/c1-4-15-24-18-12-23(13-19-25-16-5-2,14-20-26-17-6-3)21-22-10-8-7-9-11-22;/h7-11H,4-6,12-21H2,1-3H3;1H/q+1;/p-1. The van der Waals surface area contributed by atoms with Crippen molar-refractivity contribution in [3.63, 3.8) is 0 Å². The minimum atomic E-state index is 0. The Morgan fingerprint density at radius 3 is 1.41 bits per heavy atom. The van der Waals surface area contributed by atoms with Crippen molar-refractivity contribution < 1.29 is 42.7 Å². The normalized spacial score (nSPS) is 11.4. The highest BCUT2D eigenvalue weighted by atomic mass is 127. The lowest BCUT2D eigenvalue weighted by Gasteiger charge is -2.39. The topological polar surface area (TPSA) is 27.7 Å². The van der Waals surface area contributed by atoms with Crippen LogP contribution in [0.1, 0.15) is 45.6 Å². The molecule has 158 valence electrons. The second-order valence-corrected chi connectivity index (χ2v) is 6.99. The largest absolute Gasteiger partial charge is 1.00 e. The first-order valence-electron chi connectivity index (χ1n) is 10.4. The third-order valence-electron chi connectivity index (χ3n) is 4.54. The Hall–Kier alpha value is -0.210. The van der Waals surface area contributed by atoms with Gasteiger partial charge >= 0.3 is 0 Å². The third-order valence-corrected chi connectivity index (χ3v) is 4.54. The van der Waals surface area contributed by atoms with Crippen LogP contribution in [0, 0.1) is 0 Å². The van der Waals surface area contributed by atoms with E-state index in [1.54, 1.807) is 0 Å². The summed E-state index contributed by atoms with van der Waals surface area (Å²) in [5.74, 6) is 0. The zero-order valence-electron chi connectivity index (χ0n) is 17.6. The van der Waals surface area contributed by atoms with Crippen LogP contribution in [0.15, 0.2) is 30.3 Å². The van der Waals surface area contributed by atoms with Gasteiger partial charge in [-0.2, -0.15) is 0 Å². The number of halogens is 1. The number of rotatable bonds is 17.